The van der Waals surface area contributed by atoms with E-state index in [2.05, 4.69) is 0 Å². The van der Waals surface area contributed by atoms with Gasteiger partial charge < -0.3 is 39.5 Å². The fraction of sp³-hybridized carbons (Fsp3) is 0.483. The molecule has 0 aromatic heterocycles. The number of phenolic OH excluding ortho intramolecular Hbond substituents is 2. The monoisotopic (exact) mass is 591 g/mol. The molecule has 3 aliphatic rings. The molecule has 1 heterocycles. The minimum Gasteiger partial charge on any atom is -0.507 e. The Labute approximate surface area is 243 Å². The first kappa shape index (κ1) is 30.9. The quantitative estimate of drug-likeness (QED) is 0.321. The van der Waals surface area contributed by atoms with Crippen molar-refractivity contribution < 1.29 is 49.0 Å². The van der Waals surface area contributed by atoms with Crippen LogP contribution in [0.1, 0.15) is 75.8 Å². The van der Waals surface area contributed by atoms with E-state index in [-0.39, 0.29) is 59.3 Å². The molecule has 12 heteroatoms. The lowest BCUT2D eigenvalue weighted by Gasteiger charge is -2.44. The van der Waals surface area contributed by atoms with Crippen LogP contribution in [-0.4, -0.2) is 94.0 Å². The van der Waals surface area contributed by atoms with Gasteiger partial charge >= 0.3 is 0 Å². The molecule has 0 saturated carbocycles. The molecule has 0 amide bonds. The average molecular weight is 592 g/mol. The van der Waals surface area contributed by atoms with E-state index in [1.165, 1.54) is 32.2 Å². The van der Waals surface area contributed by atoms with Crippen molar-refractivity contribution in [3.63, 3.8) is 0 Å². The van der Waals surface area contributed by atoms with Crippen molar-refractivity contribution >= 4 is 29.8 Å². The zero-order valence-corrected chi connectivity index (χ0v) is 24.2. The molecule has 11 nitrogen and oxygen atoms in total. The van der Waals surface area contributed by atoms with Gasteiger partial charge in [0.25, 0.3) is 0 Å². The summed E-state index contributed by atoms with van der Waals surface area (Å²) in [6.45, 7) is 2.89. The Hall–Kier alpha value is -3.06. The van der Waals surface area contributed by atoms with Gasteiger partial charge in [0, 0.05) is 42.0 Å². The molecule has 0 radical (unpaired) electrons. The number of rotatable bonds is 5. The number of hydrogen-bond acceptors (Lipinski definition) is 11. The highest BCUT2D eigenvalue weighted by Crippen LogP contribution is 2.52. The second-order valence-corrected chi connectivity index (χ2v) is 11.0. The zero-order valence-electron chi connectivity index (χ0n) is 23.3. The third-order valence-corrected chi connectivity index (χ3v) is 8.39. The van der Waals surface area contributed by atoms with E-state index in [0.717, 1.165) is 0 Å². The molecule has 1 saturated heterocycles. The summed E-state index contributed by atoms with van der Waals surface area (Å²) in [6, 6.07) is 4.13. The van der Waals surface area contributed by atoms with E-state index in [9.17, 15) is 34.8 Å². The lowest BCUT2D eigenvalue weighted by atomic mass is 9.72. The Morgan fingerprint density at radius 1 is 1.10 bits per heavy atom. The van der Waals surface area contributed by atoms with Gasteiger partial charge in [-0.1, -0.05) is 12.1 Å². The molecule has 4 unspecified atom stereocenters. The molecule has 0 bridgehead atoms. The molecule has 2 aliphatic carbocycles. The van der Waals surface area contributed by atoms with Crippen molar-refractivity contribution in [1.82, 2.24) is 4.90 Å². The number of ketones is 3. The number of aliphatic hydroxyl groups excluding tert-OH is 1. The molecule has 6 atom stereocenters. The largest absolute Gasteiger partial charge is 0.507 e. The van der Waals surface area contributed by atoms with Crippen LogP contribution in [0.4, 0.5) is 0 Å². The van der Waals surface area contributed by atoms with Crippen molar-refractivity contribution in [3.8, 4) is 17.2 Å². The van der Waals surface area contributed by atoms with E-state index in [1.807, 2.05) is 4.90 Å². The molecule has 4 N–H and O–H groups in total. The molecule has 1 aliphatic heterocycles. The number of likely N-dealkylation sites (N-methyl/N-ethyl adjacent to an activating group) is 1. The molecule has 2 aromatic carbocycles. The predicted molar refractivity (Wildman–Crippen MR) is 147 cm³/mol. The highest BCUT2D eigenvalue weighted by molar-refractivity contribution is 6.31. The summed E-state index contributed by atoms with van der Waals surface area (Å²) < 4.78 is 17.4. The van der Waals surface area contributed by atoms with Crippen LogP contribution in [0.2, 0.25) is 0 Å². The van der Waals surface area contributed by atoms with Crippen molar-refractivity contribution in [3.05, 3.63) is 51.6 Å². The number of hydrogen-bond donors (Lipinski definition) is 4. The third-order valence-electron chi connectivity index (χ3n) is 8.39. The summed E-state index contributed by atoms with van der Waals surface area (Å²) in [4.78, 5) is 41.7. The van der Waals surface area contributed by atoms with Crippen LogP contribution in [0.25, 0.3) is 0 Å². The van der Waals surface area contributed by atoms with Crippen LogP contribution in [0.5, 0.6) is 17.2 Å². The fourth-order valence-corrected chi connectivity index (χ4v) is 6.11. The molecule has 0 spiro atoms. The molecule has 1 fully saturated rings. The molecule has 41 heavy (non-hydrogen) atoms. The first-order chi connectivity index (χ1) is 18.8. The number of carbonyl (C=O) groups is 3. The molecule has 222 valence electrons. The van der Waals surface area contributed by atoms with Crippen LogP contribution in [-0.2, 0) is 20.7 Å². The smallest absolute Gasteiger partial charge is 0.202 e. The normalized spacial score (nSPS) is 28.8. The Balaban J connectivity index is 0.00000387. The van der Waals surface area contributed by atoms with Crippen molar-refractivity contribution in [1.29, 1.82) is 0 Å². The van der Waals surface area contributed by atoms with E-state index in [0.29, 0.717) is 0 Å². The summed E-state index contributed by atoms with van der Waals surface area (Å²) >= 11 is 0. The standard InChI is InChI=1S/C29H33NO10.ClH/c1-12-24(32)16(30(3)4)9-19(39-12)40-18-11-29(37,13(2)31)10-15-21(18)28(36)23-22(26(15)34)25(33)14-7-6-8-17(38-5)20(14)27(23)35;/h6-8,12,16,18-19,24,32,34,36-37H,9-11H2,1-5H3;1H/t12?,16?,18-,19?,24?,29-;/m0./s1. The van der Waals surface area contributed by atoms with Crippen LogP contribution in [0, 0.1) is 0 Å². The van der Waals surface area contributed by atoms with Gasteiger partial charge in [-0.3, -0.25) is 14.4 Å². The number of methoxy groups -OCH3 is 1. The Bertz CT molecular complexity index is 1430. The second kappa shape index (κ2) is 11.0. The van der Waals surface area contributed by atoms with Gasteiger partial charge in [0.2, 0.25) is 5.78 Å². The highest BCUT2D eigenvalue weighted by atomic mass is 35.5. The minimum atomic E-state index is -1.99. The Morgan fingerprint density at radius 2 is 1.76 bits per heavy atom. The molecule has 2 aromatic rings. The van der Waals surface area contributed by atoms with Gasteiger partial charge in [-0.05, 0) is 34.0 Å². The molecule has 5 rings (SSSR count). The van der Waals surface area contributed by atoms with Crippen molar-refractivity contribution in [2.45, 2.75) is 69.4 Å². The Morgan fingerprint density at radius 3 is 2.37 bits per heavy atom. The van der Waals surface area contributed by atoms with Crippen molar-refractivity contribution in [2.24, 2.45) is 0 Å². The first-order valence-electron chi connectivity index (χ1n) is 13.1. The SMILES string of the molecule is COc1cccc2c1C(=O)c1c(O)c3c(c(O)c1C2=O)C[C@@](O)(C(C)=O)C[C@@H]3OC1CC(N(C)C)C(O)C(C)O1.Cl. The van der Waals surface area contributed by atoms with E-state index < -0.39 is 76.6 Å². The maximum atomic E-state index is 13.7. The van der Waals surface area contributed by atoms with E-state index in [1.54, 1.807) is 21.0 Å². The summed E-state index contributed by atoms with van der Waals surface area (Å²) in [5, 5.41) is 44.9. The summed E-state index contributed by atoms with van der Waals surface area (Å²) in [7, 11) is 4.96. The summed E-state index contributed by atoms with van der Waals surface area (Å²) in [5.41, 5.74) is -2.92. The van der Waals surface area contributed by atoms with E-state index >= 15 is 0 Å². The maximum Gasteiger partial charge on any atom is 0.202 e. The number of ether oxygens (including phenoxy) is 3. The third kappa shape index (κ3) is 4.80. The summed E-state index contributed by atoms with van der Waals surface area (Å²) in [6.07, 6.45) is -4.02. The number of aliphatic hydroxyl groups is 2. The number of phenols is 2. The lowest BCUT2D eigenvalue weighted by Crippen LogP contribution is -2.54. The Kier molecular flexibility index (Phi) is 8.27. The van der Waals surface area contributed by atoms with Crippen LogP contribution >= 0.6 is 12.4 Å². The highest BCUT2D eigenvalue weighted by Gasteiger charge is 2.49. The van der Waals surface area contributed by atoms with Gasteiger partial charge in [0.1, 0.15) is 22.8 Å². The number of carbonyl (C=O) groups excluding carboxylic acids is 3. The second-order valence-electron chi connectivity index (χ2n) is 11.0. The number of aromatic hydroxyl groups is 2. The number of halogens is 1. The predicted octanol–water partition coefficient (Wildman–Crippen LogP) is 2.05. The fourth-order valence-electron chi connectivity index (χ4n) is 6.11. The van der Waals surface area contributed by atoms with Crippen LogP contribution in [0.3, 0.4) is 0 Å². The van der Waals surface area contributed by atoms with Gasteiger partial charge in [-0.25, -0.2) is 0 Å². The maximum absolute atomic E-state index is 13.7. The van der Waals surface area contributed by atoms with E-state index in [4.69, 9.17) is 14.2 Å². The molecular weight excluding hydrogens is 558 g/mol. The number of Topliss-reactive ketones (excluding diaryl/α,β-unsaturated/α-hetero) is 1. The molecular formula is C29H34ClNO10. The van der Waals surface area contributed by atoms with Gasteiger partial charge in [0.05, 0.1) is 42.1 Å². The number of nitrogens with zero attached hydrogens (tertiary/aromatic N) is 1. The number of fused-ring (bicyclic) bond motifs is 3. The minimum absolute atomic E-state index is 0. The van der Waals surface area contributed by atoms with Crippen LogP contribution < -0.4 is 4.74 Å². The topological polar surface area (TPSA) is 163 Å². The van der Waals surface area contributed by atoms with Crippen LogP contribution in [0.15, 0.2) is 18.2 Å². The lowest BCUT2D eigenvalue weighted by molar-refractivity contribution is -0.256. The zero-order chi connectivity index (χ0) is 29.3. The van der Waals surface area contributed by atoms with Gasteiger partial charge in [-0.15, -0.1) is 12.4 Å². The van der Waals surface area contributed by atoms with Crippen molar-refractivity contribution in [2.75, 3.05) is 21.2 Å². The summed E-state index contributed by atoms with van der Waals surface area (Å²) in [5.74, 6) is -3.08. The average Bonchev–Trinajstić information content (AvgIpc) is 2.90. The van der Waals surface area contributed by atoms with Gasteiger partial charge in [-0.2, -0.15) is 0 Å². The number of benzene rings is 2. The van der Waals surface area contributed by atoms with Gasteiger partial charge in [0.15, 0.2) is 17.9 Å². The first-order valence-corrected chi connectivity index (χ1v) is 13.1.